The fourth-order valence-electron chi connectivity index (χ4n) is 3.88. The summed E-state index contributed by atoms with van der Waals surface area (Å²) in [6.07, 6.45) is 5.14. The number of amides is 1. The summed E-state index contributed by atoms with van der Waals surface area (Å²) in [5.74, 6) is 0.704. The molecule has 0 aromatic carbocycles. The molecule has 0 spiro atoms. The van der Waals surface area contributed by atoms with Gasteiger partial charge in [-0.05, 0) is 45.4 Å². The fourth-order valence-corrected chi connectivity index (χ4v) is 3.88. The summed E-state index contributed by atoms with van der Waals surface area (Å²) in [4.78, 5) is 12.3. The van der Waals surface area contributed by atoms with Crippen LogP contribution in [0.4, 0.5) is 4.79 Å². The number of alkyl carbamates (subject to hydrolysis) is 1. The van der Waals surface area contributed by atoms with Crippen molar-refractivity contribution >= 4 is 6.09 Å². The highest BCUT2D eigenvalue weighted by Crippen LogP contribution is 2.35. The van der Waals surface area contributed by atoms with Gasteiger partial charge in [0.05, 0.1) is 18.2 Å². The molecule has 1 saturated carbocycles. The zero-order valence-electron chi connectivity index (χ0n) is 15.9. The van der Waals surface area contributed by atoms with Gasteiger partial charge in [-0.25, -0.2) is 4.79 Å². The van der Waals surface area contributed by atoms with E-state index in [-0.39, 0.29) is 18.2 Å². The minimum atomic E-state index is -0.531. The van der Waals surface area contributed by atoms with E-state index in [2.05, 4.69) is 19.2 Å². The van der Waals surface area contributed by atoms with E-state index >= 15 is 0 Å². The van der Waals surface area contributed by atoms with E-state index in [0.717, 1.165) is 12.8 Å². The molecular formula is C19H35NO4. The second kappa shape index (κ2) is 8.05. The molecule has 2 N–H and O–H groups in total. The van der Waals surface area contributed by atoms with Crippen LogP contribution in [0.25, 0.3) is 0 Å². The second-order valence-electron chi connectivity index (χ2n) is 8.76. The van der Waals surface area contributed by atoms with E-state index in [1.807, 2.05) is 20.8 Å². The maximum atomic E-state index is 12.3. The van der Waals surface area contributed by atoms with Gasteiger partial charge in [0, 0.05) is 6.42 Å². The van der Waals surface area contributed by atoms with Crippen LogP contribution in [0.5, 0.6) is 0 Å². The maximum absolute atomic E-state index is 12.3. The van der Waals surface area contributed by atoms with E-state index < -0.39 is 17.8 Å². The highest BCUT2D eigenvalue weighted by molar-refractivity contribution is 5.68. The van der Waals surface area contributed by atoms with Crippen molar-refractivity contribution in [3.63, 3.8) is 0 Å². The number of ether oxygens (including phenoxy) is 2. The lowest BCUT2D eigenvalue weighted by Crippen LogP contribution is -2.53. The van der Waals surface area contributed by atoms with Gasteiger partial charge in [0.1, 0.15) is 11.7 Å². The molecule has 0 bridgehead atoms. The Hall–Kier alpha value is -0.810. The first-order valence-corrected chi connectivity index (χ1v) is 9.50. The van der Waals surface area contributed by atoms with Gasteiger partial charge in [0.15, 0.2) is 0 Å². The van der Waals surface area contributed by atoms with Crippen LogP contribution in [0, 0.1) is 11.8 Å². The van der Waals surface area contributed by atoms with Crippen LogP contribution >= 0.6 is 0 Å². The molecule has 2 aliphatic rings. The molecule has 4 atom stereocenters. The Bertz CT molecular complexity index is 412. The van der Waals surface area contributed by atoms with Crippen molar-refractivity contribution in [1.82, 2.24) is 5.32 Å². The van der Waals surface area contributed by atoms with Crippen LogP contribution in [-0.4, -0.2) is 41.2 Å². The van der Waals surface area contributed by atoms with Crippen molar-refractivity contribution in [2.24, 2.45) is 11.8 Å². The summed E-state index contributed by atoms with van der Waals surface area (Å²) in [5, 5.41) is 13.6. The van der Waals surface area contributed by atoms with Crippen molar-refractivity contribution in [2.75, 3.05) is 0 Å². The lowest BCUT2D eigenvalue weighted by Gasteiger charge is -2.36. The Kier molecular flexibility index (Phi) is 6.54. The molecule has 2 rings (SSSR count). The molecule has 1 amide bonds. The first-order valence-electron chi connectivity index (χ1n) is 9.50. The third-order valence-corrected chi connectivity index (χ3v) is 5.12. The zero-order valence-corrected chi connectivity index (χ0v) is 15.9. The van der Waals surface area contributed by atoms with Crippen molar-refractivity contribution in [3.8, 4) is 0 Å². The molecule has 0 radical (unpaired) electrons. The average Bonchev–Trinajstić information content (AvgIpc) is 2.86. The summed E-state index contributed by atoms with van der Waals surface area (Å²) in [7, 11) is 0. The van der Waals surface area contributed by atoms with Gasteiger partial charge >= 0.3 is 6.09 Å². The number of hydrogen-bond acceptors (Lipinski definition) is 4. The first-order chi connectivity index (χ1) is 11.2. The normalized spacial score (nSPS) is 30.4. The Morgan fingerprint density at radius 3 is 2.33 bits per heavy atom. The Labute approximate surface area is 146 Å². The Balaban J connectivity index is 2.09. The smallest absolute Gasteiger partial charge is 0.407 e. The van der Waals surface area contributed by atoms with E-state index in [1.54, 1.807) is 0 Å². The van der Waals surface area contributed by atoms with Crippen LogP contribution in [0.15, 0.2) is 0 Å². The fraction of sp³-hybridized carbons (Fsp3) is 0.947. The first kappa shape index (κ1) is 19.5. The molecular weight excluding hydrogens is 306 g/mol. The minimum absolute atomic E-state index is 0.0523. The Morgan fingerprint density at radius 2 is 1.83 bits per heavy atom. The van der Waals surface area contributed by atoms with Crippen LogP contribution in [0.2, 0.25) is 0 Å². The standard InChI is InChI=1S/C19H35NO4/c1-12(2)15-11-14(21)17(23-15)16(13-9-7-6-8-10-13)20-18(22)24-19(3,4)5/h12-17,21H,6-11H2,1-5H3,(H,20,22)/t14-,15+,16-,17+/m1/s1. The molecule has 24 heavy (non-hydrogen) atoms. The molecule has 0 aromatic heterocycles. The highest BCUT2D eigenvalue weighted by atomic mass is 16.6. The van der Waals surface area contributed by atoms with Gasteiger partial charge in [-0.15, -0.1) is 0 Å². The molecule has 5 heteroatoms. The quantitative estimate of drug-likeness (QED) is 0.819. The average molecular weight is 341 g/mol. The summed E-state index contributed by atoms with van der Waals surface area (Å²) in [6.45, 7) is 9.79. The van der Waals surface area contributed by atoms with Gasteiger partial charge in [-0.3, -0.25) is 0 Å². The summed E-state index contributed by atoms with van der Waals surface area (Å²) in [6, 6.07) is -0.182. The molecule has 140 valence electrons. The summed E-state index contributed by atoms with van der Waals surface area (Å²) in [5.41, 5.74) is -0.531. The lowest BCUT2D eigenvalue weighted by molar-refractivity contribution is -0.0431. The van der Waals surface area contributed by atoms with Gasteiger partial charge in [-0.1, -0.05) is 33.1 Å². The molecule has 5 nitrogen and oxygen atoms in total. The van der Waals surface area contributed by atoms with E-state index in [1.165, 1.54) is 19.3 Å². The number of carbonyl (C=O) groups excluding carboxylic acids is 1. The molecule has 2 fully saturated rings. The SMILES string of the molecule is CC(C)[C@@H]1C[C@@H](O)[C@@H]([C@H](NC(=O)OC(C)(C)C)C2CCCCC2)O1. The lowest BCUT2D eigenvalue weighted by atomic mass is 9.80. The summed E-state index contributed by atoms with van der Waals surface area (Å²) >= 11 is 0. The van der Waals surface area contributed by atoms with Crippen LogP contribution in [0.1, 0.15) is 73.1 Å². The number of hydrogen-bond donors (Lipinski definition) is 2. The topological polar surface area (TPSA) is 67.8 Å². The van der Waals surface area contributed by atoms with Crippen LogP contribution in [-0.2, 0) is 9.47 Å². The molecule has 0 aromatic rings. The predicted octanol–water partition coefficient (Wildman–Crippen LogP) is 3.63. The van der Waals surface area contributed by atoms with Gasteiger partial charge < -0.3 is 19.9 Å². The van der Waals surface area contributed by atoms with Crippen LogP contribution in [0.3, 0.4) is 0 Å². The van der Waals surface area contributed by atoms with Crippen molar-refractivity contribution in [3.05, 3.63) is 0 Å². The Morgan fingerprint density at radius 1 is 1.21 bits per heavy atom. The van der Waals surface area contributed by atoms with E-state index in [9.17, 15) is 9.90 Å². The molecule has 1 saturated heterocycles. The van der Waals surface area contributed by atoms with Crippen molar-refractivity contribution < 1.29 is 19.4 Å². The summed E-state index contributed by atoms with van der Waals surface area (Å²) < 4.78 is 11.6. The van der Waals surface area contributed by atoms with Crippen LogP contribution < -0.4 is 5.32 Å². The monoisotopic (exact) mass is 341 g/mol. The minimum Gasteiger partial charge on any atom is -0.444 e. The zero-order chi connectivity index (χ0) is 17.9. The molecule has 1 aliphatic heterocycles. The number of aliphatic hydroxyl groups is 1. The number of aliphatic hydroxyl groups excluding tert-OH is 1. The highest BCUT2D eigenvalue weighted by Gasteiger charge is 2.44. The van der Waals surface area contributed by atoms with Gasteiger partial charge in [0.25, 0.3) is 0 Å². The predicted molar refractivity (Wildman–Crippen MR) is 93.9 cm³/mol. The van der Waals surface area contributed by atoms with Crippen molar-refractivity contribution in [1.29, 1.82) is 0 Å². The van der Waals surface area contributed by atoms with E-state index in [0.29, 0.717) is 18.3 Å². The van der Waals surface area contributed by atoms with Gasteiger partial charge in [0.2, 0.25) is 0 Å². The maximum Gasteiger partial charge on any atom is 0.407 e. The van der Waals surface area contributed by atoms with Gasteiger partial charge in [-0.2, -0.15) is 0 Å². The molecule has 1 heterocycles. The number of rotatable bonds is 4. The molecule has 1 aliphatic carbocycles. The number of carbonyl (C=O) groups is 1. The van der Waals surface area contributed by atoms with E-state index in [4.69, 9.17) is 9.47 Å². The third-order valence-electron chi connectivity index (χ3n) is 5.12. The van der Waals surface area contributed by atoms with Crippen molar-refractivity contribution in [2.45, 2.75) is 103 Å². The number of nitrogens with one attached hydrogen (secondary N) is 1. The second-order valence-corrected chi connectivity index (χ2v) is 8.76. The molecule has 0 unspecified atom stereocenters. The largest absolute Gasteiger partial charge is 0.444 e. The third kappa shape index (κ3) is 5.35.